The molecule has 20 heteroatoms. The molecule has 0 spiro atoms. The Morgan fingerprint density at radius 2 is 0.707 bits per heavy atom. The molecule has 9 aromatic heterocycles. The van der Waals surface area contributed by atoms with Gasteiger partial charge in [0, 0.05) is 119 Å². The number of aliphatic hydroxyl groups is 2. The summed E-state index contributed by atoms with van der Waals surface area (Å²) in [5.41, 5.74) is 20.5. The van der Waals surface area contributed by atoms with Gasteiger partial charge < -0.3 is 39.0 Å². The second-order valence-corrected chi connectivity index (χ2v) is 32.1. The number of furan rings is 2. The molecule has 0 saturated carbocycles. The molecule has 7 aromatic carbocycles. The second kappa shape index (κ2) is 49.4. The summed E-state index contributed by atoms with van der Waals surface area (Å²) in [7, 11) is -3.84. The van der Waals surface area contributed by atoms with Crippen molar-refractivity contribution in [2.24, 2.45) is 29.6 Å². The summed E-state index contributed by atoms with van der Waals surface area (Å²) in [6, 6.07) is 94.4. The Hall–Kier alpha value is -10.9. The zero-order chi connectivity index (χ0) is 86.5. The molecular formula is C103H108F3Ir2N7O7S-4. The number of fused-ring (bicyclic) bond motifs is 6. The molecule has 16 rings (SSSR count). The van der Waals surface area contributed by atoms with Crippen LogP contribution in [0.4, 0.5) is 13.2 Å². The van der Waals surface area contributed by atoms with Gasteiger partial charge in [-0.3, -0.25) is 9.54 Å². The van der Waals surface area contributed by atoms with Gasteiger partial charge >= 0.3 is 15.6 Å². The van der Waals surface area contributed by atoms with E-state index >= 15 is 0 Å². The number of rotatable bonds is 17. The molecule has 14 nitrogen and oxygen atoms in total. The number of nitrogens with zero attached hydrogens (tertiary/aromatic N) is 7. The first-order valence-corrected chi connectivity index (χ1v) is 41.4. The number of halogens is 3. The van der Waals surface area contributed by atoms with Crippen molar-refractivity contribution in [3.05, 3.63) is 331 Å². The third kappa shape index (κ3) is 30.0. The van der Waals surface area contributed by atoms with E-state index in [4.69, 9.17) is 32.0 Å². The van der Waals surface area contributed by atoms with Gasteiger partial charge in [0.2, 0.25) is 11.4 Å². The maximum absolute atomic E-state index is 10.7. The third-order valence-electron chi connectivity index (χ3n) is 18.5. The number of pyridine rings is 7. The molecule has 16 aromatic rings. The van der Waals surface area contributed by atoms with E-state index in [2.05, 4.69) is 280 Å². The number of aryl methyl sites for hydroxylation is 2. The molecule has 0 aliphatic carbocycles. The van der Waals surface area contributed by atoms with Gasteiger partial charge in [-0.05, 0) is 161 Å². The summed E-state index contributed by atoms with van der Waals surface area (Å²) < 4.78 is 69.8. The Kier molecular flexibility index (Phi) is 40.5. The first-order chi connectivity index (χ1) is 57.7. The van der Waals surface area contributed by atoms with Crippen LogP contribution >= 0.6 is 0 Å². The fraction of sp³-hybridized carbons (Fsp3) is 0.252. The van der Waals surface area contributed by atoms with E-state index in [-0.39, 0.29) is 47.6 Å². The summed E-state index contributed by atoms with van der Waals surface area (Å²) in [5.74, 6) is 3.38. The van der Waals surface area contributed by atoms with Gasteiger partial charge in [0.25, 0.3) is 0 Å². The summed E-state index contributed by atoms with van der Waals surface area (Å²) in [4.78, 5) is 31.3. The fourth-order valence-electron chi connectivity index (χ4n) is 13.2. The molecule has 0 amide bonds. The Labute approximate surface area is 750 Å². The first kappa shape index (κ1) is 101. The van der Waals surface area contributed by atoms with Crippen LogP contribution in [-0.2, 0) is 82.4 Å². The maximum atomic E-state index is 10.7. The number of hydrogen-bond acceptors (Lipinski definition) is 13. The van der Waals surface area contributed by atoms with Crippen LogP contribution < -0.4 is 0 Å². The van der Waals surface area contributed by atoms with E-state index in [0.717, 1.165) is 158 Å². The molecule has 2 radical (unpaired) electrons. The summed E-state index contributed by atoms with van der Waals surface area (Å²) in [6.07, 6.45) is 14.7. The largest absolute Gasteiger partial charge is 0.522 e. The van der Waals surface area contributed by atoms with Gasteiger partial charge in [-0.15, -0.1) is 124 Å². The van der Waals surface area contributed by atoms with Gasteiger partial charge in [0.15, 0.2) is 0 Å². The Bertz CT molecular complexity index is 5520. The van der Waals surface area contributed by atoms with Crippen molar-refractivity contribution in [3.8, 4) is 78.5 Å². The predicted octanol–water partition coefficient (Wildman–Crippen LogP) is 25.7. The molecule has 0 unspecified atom stereocenters. The molecule has 646 valence electrons. The number of aromatic nitrogens is 7. The van der Waals surface area contributed by atoms with Crippen molar-refractivity contribution in [3.63, 3.8) is 0 Å². The topological polar surface area (TPSA) is 211 Å². The maximum Gasteiger partial charge on any atom is 0.522 e. The van der Waals surface area contributed by atoms with Crippen LogP contribution in [0.15, 0.2) is 276 Å². The minimum Gasteiger partial charge on any atom is -0.486 e. The number of benzene rings is 7. The van der Waals surface area contributed by atoms with Crippen LogP contribution in [-0.4, -0.2) is 77.8 Å². The summed E-state index contributed by atoms with van der Waals surface area (Å²) in [5, 5.41) is 18.2. The van der Waals surface area contributed by atoms with Gasteiger partial charge in [-0.1, -0.05) is 228 Å². The van der Waals surface area contributed by atoms with E-state index in [1.54, 1.807) is 0 Å². The van der Waals surface area contributed by atoms with Crippen molar-refractivity contribution < 1.29 is 85.4 Å². The average Bonchev–Trinajstić information content (AvgIpc) is 1.62. The molecule has 9 heterocycles. The van der Waals surface area contributed by atoms with Crippen LogP contribution in [0.2, 0.25) is 0 Å². The molecule has 0 aliphatic rings. The quantitative estimate of drug-likeness (QED) is 0.0440. The Balaban J connectivity index is 0.000000235. The smallest absolute Gasteiger partial charge is 0.486 e. The number of para-hydroxylation sites is 1. The van der Waals surface area contributed by atoms with Crippen LogP contribution in [0.1, 0.15) is 116 Å². The third-order valence-corrected chi connectivity index (χ3v) is 19.1. The Morgan fingerprint density at radius 1 is 0.366 bits per heavy atom. The second-order valence-electron chi connectivity index (χ2n) is 30.7. The van der Waals surface area contributed by atoms with Gasteiger partial charge in [0.1, 0.15) is 5.58 Å². The van der Waals surface area contributed by atoms with E-state index in [1.165, 1.54) is 38.9 Å². The number of aliphatic hydroxyl groups excluding tert-OH is 2. The standard InChI is InChI=1S/C27H24N2O.C27H23N2O.3C15H16N.CHF3O3S.2CH4O.CH4.2Ir/c2*1-17(2)15-19-8-10-20(11-9-19)21-13-14-28-25(16-21)24-6-4-5-22-23-12-7-18(3)29-27(23)30-26(22)24;3*1-12(2)11-13-6-8-14(9-7-13)15-5-3-4-10-16-15;2-1(3,4)8(5,6)7;2*1-2;;;/h4-14,16-17H,15H2,1-3H3;4-5,7-14,16-17H,15H2,1-3H3;3*3-8,10,12H,11H2,1-2H3;(H,5,6,7);2*2H,1H3;1H4;;/q;4*-1;;;;;;. The normalized spacial score (nSPS) is 10.8. The average molecular weight is 2030 g/mol. The Morgan fingerprint density at radius 3 is 1.06 bits per heavy atom. The van der Waals surface area contributed by atoms with Crippen LogP contribution in [0.3, 0.4) is 0 Å². The monoisotopic (exact) mass is 2030 g/mol. The van der Waals surface area contributed by atoms with Crippen molar-refractivity contribution in [2.75, 3.05) is 14.2 Å². The summed E-state index contributed by atoms with van der Waals surface area (Å²) in [6.45, 7) is 26.3. The van der Waals surface area contributed by atoms with E-state index in [0.29, 0.717) is 41.0 Å². The van der Waals surface area contributed by atoms with Crippen LogP contribution in [0, 0.1) is 67.7 Å². The van der Waals surface area contributed by atoms with Gasteiger partial charge in [0.05, 0.1) is 11.3 Å². The van der Waals surface area contributed by atoms with Crippen molar-refractivity contribution in [1.29, 1.82) is 0 Å². The molecule has 3 N–H and O–H groups in total. The zero-order valence-electron chi connectivity index (χ0n) is 71.1. The molecule has 0 aliphatic heterocycles. The van der Waals surface area contributed by atoms with Crippen molar-refractivity contribution in [2.45, 2.75) is 128 Å². The molecular weight excluding hydrogens is 1920 g/mol. The number of hydrogen-bond donors (Lipinski definition) is 3. The molecule has 0 atom stereocenters. The van der Waals surface area contributed by atoms with Gasteiger partial charge in [-0.2, -0.15) is 21.6 Å². The van der Waals surface area contributed by atoms with Gasteiger partial charge in [-0.25, -0.2) is 9.97 Å². The first-order valence-electron chi connectivity index (χ1n) is 40.0. The summed E-state index contributed by atoms with van der Waals surface area (Å²) >= 11 is 0. The van der Waals surface area contributed by atoms with E-state index < -0.39 is 15.6 Å². The van der Waals surface area contributed by atoms with E-state index in [1.807, 2.05) is 130 Å². The van der Waals surface area contributed by atoms with Crippen molar-refractivity contribution >= 4 is 54.3 Å². The minimum atomic E-state index is -5.84. The minimum absolute atomic E-state index is 0. The molecule has 0 fully saturated rings. The molecule has 0 bridgehead atoms. The predicted molar refractivity (Wildman–Crippen MR) is 488 cm³/mol. The van der Waals surface area contributed by atoms with Crippen LogP contribution in [0.25, 0.3) is 123 Å². The van der Waals surface area contributed by atoms with E-state index in [9.17, 15) is 13.2 Å². The fourth-order valence-corrected chi connectivity index (χ4v) is 13.2. The molecule has 0 saturated heterocycles. The molecule has 123 heavy (non-hydrogen) atoms. The van der Waals surface area contributed by atoms with Crippen LogP contribution in [0.5, 0.6) is 0 Å². The zero-order valence-corrected chi connectivity index (χ0v) is 76.7. The SMILES string of the molecule is C.CC(C)Cc1c[c-]c(-c2ccccn2)cc1.CC(C)Cc1c[c-]c(-c2ccccn2)cc1.CC(C)Cc1c[c-]c(-c2ccccn2)cc1.CO.CO.Cc1ccc2c(n1)oc1c(-c3cc(-c4ccc(CC(C)C)cc4)ccn3)[c-]ccc12.Cc1ccc2c(n1)oc1c(-c3cc(-c4ccc(CC(C)C)cc4)ccn3)cccc12.O=S(=O)(O)C(F)(F)F.[Ir].[Ir]. The number of alkyl halides is 3. The van der Waals surface area contributed by atoms with Crippen molar-refractivity contribution in [1.82, 2.24) is 34.9 Å².